The zero-order valence-electron chi connectivity index (χ0n) is 12.5. The lowest BCUT2D eigenvalue weighted by molar-refractivity contribution is 0.0949. The fraction of sp³-hybridized carbons (Fsp3) is 0.125. The first-order chi connectivity index (χ1) is 11.8. The monoisotopic (exact) mass is 339 g/mol. The minimum absolute atomic E-state index is 0.148. The Morgan fingerprint density at radius 2 is 2.33 bits per heavy atom. The summed E-state index contributed by atoms with van der Waals surface area (Å²) in [4.78, 5) is 23.5. The number of thiophene rings is 1. The van der Waals surface area contributed by atoms with Crippen molar-refractivity contribution >= 4 is 27.5 Å². The second-order valence-corrected chi connectivity index (χ2v) is 6.09. The number of aromatic amines is 1. The summed E-state index contributed by atoms with van der Waals surface area (Å²) in [5.41, 5.74) is 2.32. The number of rotatable bonds is 5. The molecule has 0 aliphatic rings. The average Bonchev–Trinajstić information content (AvgIpc) is 3.31. The van der Waals surface area contributed by atoms with Gasteiger partial charge >= 0.3 is 0 Å². The Morgan fingerprint density at radius 3 is 3.17 bits per heavy atom. The quantitative estimate of drug-likeness (QED) is 0.582. The number of pyridine rings is 1. The van der Waals surface area contributed by atoms with Crippen molar-refractivity contribution in [3.8, 4) is 11.4 Å². The van der Waals surface area contributed by atoms with E-state index in [1.54, 1.807) is 23.7 Å². The van der Waals surface area contributed by atoms with Gasteiger partial charge in [-0.1, -0.05) is 5.16 Å². The third kappa shape index (κ3) is 2.91. The maximum absolute atomic E-state index is 12.1. The minimum atomic E-state index is -0.148. The van der Waals surface area contributed by atoms with Crippen LogP contribution in [0.4, 0.5) is 0 Å². The van der Waals surface area contributed by atoms with Crippen LogP contribution in [0.3, 0.4) is 0 Å². The van der Waals surface area contributed by atoms with E-state index < -0.39 is 0 Å². The van der Waals surface area contributed by atoms with Crippen molar-refractivity contribution in [1.82, 2.24) is 25.4 Å². The van der Waals surface area contributed by atoms with E-state index in [2.05, 4.69) is 25.4 Å². The molecular weight excluding hydrogens is 326 g/mol. The molecule has 0 aliphatic heterocycles. The van der Waals surface area contributed by atoms with Crippen LogP contribution in [0.25, 0.3) is 21.6 Å². The third-order valence-electron chi connectivity index (χ3n) is 3.50. The number of aromatic nitrogens is 4. The lowest BCUT2D eigenvalue weighted by Crippen LogP contribution is -2.26. The summed E-state index contributed by atoms with van der Waals surface area (Å²) in [7, 11) is 0. The first-order valence-corrected chi connectivity index (χ1v) is 8.25. The number of carbonyl (C=O) groups is 1. The molecular formula is C16H13N5O2S. The predicted molar refractivity (Wildman–Crippen MR) is 89.7 cm³/mol. The molecule has 0 atom stereocenters. The lowest BCUT2D eigenvalue weighted by Gasteiger charge is -2.00. The van der Waals surface area contributed by atoms with Crippen molar-refractivity contribution in [1.29, 1.82) is 0 Å². The van der Waals surface area contributed by atoms with Crippen LogP contribution in [0, 0.1) is 0 Å². The maximum atomic E-state index is 12.1. The highest BCUT2D eigenvalue weighted by Gasteiger charge is 2.12. The molecule has 2 N–H and O–H groups in total. The first-order valence-electron chi connectivity index (χ1n) is 7.37. The molecule has 8 heteroatoms. The predicted octanol–water partition coefficient (Wildman–Crippen LogP) is 2.65. The topological polar surface area (TPSA) is 96.7 Å². The Bertz CT molecular complexity index is 944. The lowest BCUT2D eigenvalue weighted by atomic mass is 10.3. The highest BCUT2D eigenvalue weighted by molar-refractivity contribution is 7.17. The fourth-order valence-corrected chi connectivity index (χ4v) is 3.10. The van der Waals surface area contributed by atoms with E-state index in [1.807, 2.05) is 29.6 Å². The number of hydrogen-bond acceptors (Lipinski definition) is 6. The molecule has 0 saturated carbocycles. The van der Waals surface area contributed by atoms with Gasteiger partial charge in [0, 0.05) is 30.9 Å². The van der Waals surface area contributed by atoms with E-state index in [4.69, 9.17) is 4.52 Å². The van der Waals surface area contributed by atoms with Gasteiger partial charge in [0.2, 0.25) is 11.7 Å². The van der Waals surface area contributed by atoms with Crippen LogP contribution < -0.4 is 5.32 Å². The van der Waals surface area contributed by atoms with Gasteiger partial charge in [-0.25, -0.2) is 0 Å². The van der Waals surface area contributed by atoms with Crippen LogP contribution in [0.1, 0.15) is 16.4 Å². The van der Waals surface area contributed by atoms with Crippen LogP contribution in [0.5, 0.6) is 0 Å². The largest absolute Gasteiger partial charge is 0.350 e. The molecule has 0 radical (unpaired) electrons. The van der Waals surface area contributed by atoms with Crippen molar-refractivity contribution in [2.45, 2.75) is 6.42 Å². The van der Waals surface area contributed by atoms with Crippen molar-refractivity contribution in [2.24, 2.45) is 0 Å². The van der Waals surface area contributed by atoms with E-state index in [1.165, 1.54) is 0 Å². The summed E-state index contributed by atoms with van der Waals surface area (Å²) in [5, 5.41) is 8.75. The molecule has 0 fully saturated rings. The van der Waals surface area contributed by atoms with Gasteiger partial charge in [0.05, 0.1) is 10.2 Å². The molecule has 0 saturated heterocycles. The number of fused-ring (bicyclic) bond motifs is 1. The molecule has 7 nitrogen and oxygen atoms in total. The molecule has 4 heterocycles. The zero-order chi connectivity index (χ0) is 16.4. The number of H-pyrrole nitrogens is 1. The van der Waals surface area contributed by atoms with E-state index in [9.17, 15) is 4.79 Å². The average molecular weight is 339 g/mol. The molecule has 1 amide bonds. The summed E-state index contributed by atoms with van der Waals surface area (Å²) >= 11 is 1.60. The van der Waals surface area contributed by atoms with Crippen LogP contribution in [-0.4, -0.2) is 32.6 Å². The van der Waals surface area contributed by atoms with E-state index in [0.717, 1.165) is 15.8 Å². The van der Waals surface area contributed by atoms with Gasteiger partial charge in [-0.3, -0.25) is 9.78 Å². The van der Waals surface area contributed by atoms with Gasteiger partial charge in [0.15, 0.2) is 0 Å². The number of nitrogens with zero attached hydrogens (tertiary/aromatic N) is 3. The zero-order valence-corrected chi connectivity index (χ0v) is 13.3. The molecule has 4 aromatic rings. The number of amides is 1. The Morgan fingerprint density at radius 1 is 1.38 bits per heavy atom. The normalized spacial score (nSPS) is 11.0. The van der Waals surface area contributed by atoms with E-state index >= 15 is 0 Å². The van der Waals surface area contributed by atoms with Gasteiger partial charge in [0.25, 0.3) is 5.91 Å². The van der Waals surface area contributed by atoms with Crippen LogP contribution in [0.2, 0.25) is 0 Å². The molecule has 24 heavy (non-hydrogen) atoms. The summed E-state index contributed by atoms with van der Waals surface area (Å²) in [6.45, 7) is 0.417. The Hall–Kier alpha value is -3.00. The minimum Gasteiger partial charge on any atom is -0.350 e. The van der Waals surface area contributed by atoms with Gasteiger partial charge in [-0.05, 0) is 29.6 Å². The van der Waals surface area contributed by atoms with Gasteiger partial charge in [0.1, 0.15) is 5.69 Å². The summed E-state index contributed by atoms with van der Waals surface area (Å²) in [5.74, 6) is 0.820. The number of carbonyl (C=O) groups excluding carboxylic acids is 1. The second-order valence-electron chi connectivity index (χ2n) is 5.14. The van der Waals surface area contributed by atoms with Crippen molar-refractivity contribution in [3.05, 3.63) is 53.6 Å². The van der Waals surface area contributed by atoms with Crippen molar-refractivity contribution < 1.29 is 9.32 Å². The summed E-state index contributed by atoms with van der Waals surface area (Å²) in [6, 6.07) is 7.48. The van der Waals surface area contributed by atoms with Gasteiger partial charge in [-0.2, -0.15) is 4.98 Å². The molecule has 0 spiro atoms. The molecule has 0 unspecified atom stereocenters. The molecule has 4 rings (SSSR count). The third-order valence-corrected chi connectivity index (χ3v) is 4.36. The Labute approximate surface area is 140 Å². The second kappa shape index (κ2) is 6.25. The van der Waals surface area contributed by atoms with Crippen LogP contribution >= 0.6 is 11.3 Å². The number of nitrogens with one attached hydrogen (secondary N) is 2. The Kier molecular flexibility index (Phi) is 3.80. The standard InChI is InChI=1S/C16H13N5O2S/c22-16(12-8-13-11(19-12)4-7-24-13)18-6-3-14-20-15(21-23-14)10-2-1-5-17-9-10/h1-2,4-5,7-9,19H,3,6H2,(H,18,22). The maximum Gasteiger partial charge on any atom is 0.267 e. The van der Waals surface area contributed by atoms with Gasteiger partial charge in [-0.15, -0.1) is 11.3 Å². The van der Waals surface area contributed by atoms with E-state index in [-0.39, 0.29) is 5.91 Å². The highest BCUT2D eigenvalue weighted by Crippen LogP contribution is 2.21. The first kappa shape index (κ1) is 14.6. The van der Waals surface area contributed by atoms with Gasteiger partial charge < -0.3 is 14.8 Å². The summed E-state index contributed by atoms with van der Waals surface area (Å²) < 4.78 is 6.26. The summed E-state index contributed by atoms with van der Waals surface area (Å²) in [6.07, 6.45) is 3.83. The SMILES string of the molecule is O=C(NCCc1nc(-c2cccnc2)no1)c1cc2sccc2[nH]1. The molecule has 0 aliphatic carbocycles. The van der Waals surface area contributed by atoms with Crippen molar-refractivity contribution in [2.75, 3.05) is 6.54 Å². The van der Waals surface area contributed by atoms with E-state index in [0.29, 0.717) is 30.4 Å². The number of hydrogen-bond donors (Lipinski definition) is 2. The Balaban J connectivity index is 1.35. The highest BCUT2D eigenvalue weighted by atomic mass is 32.1. The smallest absolute Gasteiger partial charge is 0.267 e. The fourth-order valence-electron chi connectivity index (χ4n) is 2.32. The molecule has 0 aromatic carbocycles. The van der Waals surface area contributed by atoms with Crippen LogP contribution in [-0.2, 0) is 6.42 Å². The molecule has 0 bridgehead atoms. The van der Waals surface area contributed by atoms with Crippen LogP contribution in [0.15, 0.2) is 46.6 Å². The molecule has 4 aromatic heterocycles. The molecule has 120 valence electrons. The van der Waals surface area contributed by atoms with Crippen molar-refractivity contribution in [3.63, 3.8) is 0 Å².